The van der Waals surface area contributed by atoms with Crippen molar-refractivity contribution < 1.29 is 57.1 Å². The van der Waals surface area contributed by atoms with Crippen LogP contribution in [-0.4, -0.2) is 92.5 Å². The highest BCUT2D eigenvalue weighted by Crippen LogP contribution is 2.68. The van der Waals surface area contributed by atoms with Gasteiger partial charge in [-0.25, -0.2) is 0 Å². The van der Waals surface area contributed by atoms with Gasteiger partial charge >= 0.3 is 29.8 Å². The van der Waals surface area contributed by atoms with Gasteiger partial charge in [-0.2, -0.15) is 0 Å². The molecule has 0 amide bonds. The summed E-state index contributed by atoms with van der Waals surface area (Å²) >= 11 is 0. The van der Waals surface area contributed by atoms with E-state index in [1.165, 1.54) is 92.6 Å². The van der Waals surface area contributed by atoms with E-state index in [1.807, 2.05) is 0 Å². The zero-order chi connectivity index (χ0) is 44.2. The lowest BCUT2D eigenvalue weighted by molar-refractivity contribution is -0.330. The first kappa shape index (κ1) is 48.3. The number of carbonyl (C=O) groups is 5. The van der Waals surface area contributed by atoms with E-state index in [0.717, 1.165) is 61.7 Å². The van der Waals surface area contributed by atoms with Gasteiger partial charge in [0.15, 0.2) is 24.1 Å². The van der Waals surface area contributed by atoms with Crippen molar-refractivity contribution in [1.29, 1.82) is 0 Å². The first-order chi connectivity index (χ1) is 28.2. The van der Waals surface area contributed by atoms with Crippen molar-refractivity contribution in [2.24, 2.45) is 52.3 Å². The van der Waals surface area contributed by atoms with Crippen molar-refractivity contribution in [3.63, 3.8) is 0 Å². The van der Waals surface area contributed by atoms with Crippen LogP contribution >= 0.6 is 0 Å². The second kappa shape index (κ2) is 20.2. The minimum atomic E-state index is -1.46. The van der Waals surface area contributed by atoms with Crippen LogP contribution in [0.2, 0.25) is 0 Å². The van der Waals surface area contributed by atoms with E-state index in [9.17, 15) is 24.0 Å². The molecule has 5 rings (SSSR count). The predicted molar refractivity (Wildman–Crippen MR) is 223 cm³/mol. The number of hydrogen-bond acceptors (Lipinski definition) is 13. The summed E-state index contributed by atoms with van der Waals surface area (Å²) in [6.07, 6.45) is 8.55. The molecule has 1 N–H and O–H groups in total. The molecule has 13 nitrogen and oxygen atoms in total. The number of ether oxygens (including phenoxy) is 7. The fourth-order valence-corrected chi connectivity index (χ4v) is 13.1. The van der Waals surface area contributed by atoms with E-state index in [2.05, 4.69) is 39.9 Å². The molecule has 5 fully saturated rings. The monoisotopic (exact) mass is 848 g/mol. The largest absolute Gasteiger partial charge is 0.462 e. The molecular weight excluding hydrogens is 771 g/mol. The van der Waals surface area contributed by atoms with E-state index in [4.69, 9.17) is 33.2 Å². The quantitative estimate of drug-likeness (QED) is 0.113. The van der Waals surface area contributed by atoms with Gasteiger partial charge in [0.05, 0.1) is 6.54 Å². The molecule has 15 atom stereocenters. The first-order valence-corrected chi connectivity index (χ1v) is 23.0. The van der Waals surface area contributed by atoms with Gasteiger partial charge in [0.25, 0.3) is 0 Å². The van der Waals surface area contributed by atoms with Crippen molar-refractivity contribution in [2.75, 3.05) is 20.3 Å². The van der Waals surface area contributed by atoms with Crippen molar-refractivity contribution in [3.05, 3.63) is 0 Å². The summed E-state index contributed by atoms with van der Waals surface area (Å²) in [5, 5.41) is 3.76. The highest BCUT2D eigenvalue weighted by molar-refractivity contribution is 5.69. The summed E-state index contributed by atoms with van der Waals surface area (Å²) in [5.41, 5.74) is 0.746. The Hall–Kier alpha value is -2.77. The normalized spacial score (nSPS) is 37.6. The molecule has 4 saturated carbocycles. The van der Waals surface area contributed by atoms with Gasteiger partial charge in [0.2, 0.25) is 0 Å². The molecule has 0 aromatic carbocycles. The van der Waals surface area contributed by atoms with Crippen LogP contribution in [0, 0.1) is 52.3 Å². The van der Waals surface area contributed by atoms with Crippen LogP contribution in [0.3, 0.4) is 0 Å². The molecule has 0 spiro atoms. The summed E-state index contributed by atoms with van der Waals surface area (Å²) in [5.74, 6) is 0.406. The van der Waals surface area contributed by atoms with E-state index < -0.39 is 72.8 Å². The van der Waals surface area contributed by atoms with Gasteiger partial charge in [0.1, 0.15) is 18.8 Å². The van der Waals surface area contributed by atoms with Crippen LogP contribution in [-0.2, 0) is 57.1 Å². The summed E-state index contributed by atoms with van der Waals surface area (Å²) in [7, 11) is 1.48. The van der Waals surface area contributed by atoms with Crippen LogP contribution in [0.5, 0.6) is 0 Å². The van der Waals surface area contributed by atoms with Crippen molar-refractivity contribution in [3.8, 4) is 0 Å². The van der Waals surface area contributed by atoms with Crippen molar-refractivity contribution >= 4 is 29.8 Å². The molecule has 4 aliphatic carbocycles. The van der Waals surface area contributed by atoms with Crippen LogP contribution in [0.25, 0.3) is 0 Å². The molecule has 5 aliphatic rings. The number of hydrogen-bond donors (Lipinski definition) is 1. The molecule has 60 heavy (non-hydrogen) atoms. The highest BCUT2D eigenvalue weighted by atomic mass is 16.7. The smallest absolute Gasteiger partial charge is 0.303 e. The Kier molecular flexibility index (Phi) is 16.2. The fraction of sp³-hybridized carbons (Fsp3) is 0.894. The molecule has 2 unspecified atom stereocenters. The number of fused-ring (bicyclic) bond motifs is 5. The number of rotatable bonds is 17. The lowest BCUT2D eigenvalue weighted by Crippen LogP contribution is -2.66. The Morgan fingerprint density at radius 3 is 2.03 bits per heavy atom. The first-order valence-electron chi connectivity index (χ1n) is 23.0. The molecule has 13 heteroatoms. The molecular formula is C47H77NO12. The average Bonchev–Trinajstić information content (AvgIpc) is 3.52. The van der Waals surface area contributed by atoms with E-state index in [1.54, 1.807) is 0 Å². The second-order valence-electron chi connectivity index (χ2n) is 20.2. The summed E-state index contributed by atoms with van der Waals surface area (Å²) in [6.45, 7) is 18.1. The lowest BCUT2D eigenvalue weighted by atomic mass is 9.44. The predicted octanol–water partition coefficient (Wildman–Crippen LogP) is 7.49. The van der Waals surface area contributed by atoms with Crippen molar-refractivity contribution in [2.45, 2.75) is 195 Å². The molecule has 1 heterocycles. The number of carbonyl (C=O) groups excluding carboxylic acids is 5. The van der Waals surface area contributed by atoms with E-state index in [0.29, 0.717) is 11.3 Å². The third-order valence-electron chi connectivity index (χ3n) is 15.8. The van der Waals surface area contributed by atoms with Gasteiger partial charge in [-0.1, -0.05) is 53.9 Å². The van der Waals surface area contributed by atoms with Gasteiger partial charge in [-0.15, -0.1) is 0 Å². The maximum Gasteiger partial charge on any atom is 0.303 e. The molecule has 0 radical (unpaired) electrons. The Bertz CT molecular complexity index is 1520. The fourth-order valence-electron chi connectivity index (χ4n) is 13.1. The average molecular weight is 848 g/mol. The van der Waals surface area contributed by atoms with Crippen LogP contribution < -0.4 is 5.32 Å². The van der Waals surface area contributed by atoms with Gasteiger partial charge in [-0.3, -0.25) is 24.0 Å². The molecule has 1 aliphatic heterocycles. The summed E-state index contributed by atoms with van der Waals surface area (Å²) in [4.78, 5) is 61.9. The minimum absolute atomic E-state index is 0.0192. The van der Waals surface area contributed by atoms with Crippen LogP contribution in [0.4, 0.5) is 0 Å². The van der Waals surface area contributed by atoms with Gasteiger partial charge < -0.3 is 38.5 Å². The van der Waals surface area contributed by atoms with Crippen LogP contribution in [0.15, 0.2) is 0 Å². The lowest BCUT2D eigenvalue weighted by Gasteiger charge is -2.61. The van der Waals surface area contributed by atoms with Crippen molar-refractivity contribution in [1.82, 2.24) is 5.32 Å². The Morgan fingerprint density at radius 2 is 1.42 bits per heavy atom. The zero-order valence-electron chi connectivity index (χ0n) is 38.5. The Labute approximate surface area is 359 Å². The third-order valence-corrected chi connectivity index (χ3v) is 15.8. The maximum absolute atomic E-state index is 12.6. The minimum Gasteiger partial charge on any atom is -0.462 e. The number of esters is 5. The topological polar surface area (TPSA) is 162 Å². The highest BCUT2D eigenvalue weighted by Gasteiger charge is 2.61. The second-order valence-corrected chi connectivity index (χ2v) is 20.2. The Morgan fingerprint density at radius 1 is 0.750 bits per heavy atom. The zero-order valence-corrected chi connectivity index (χ0v) is 38.5. The third kappa shape index (κ3) is 11.1. The van der Waals surface area contributed by atoms with E-state index >= 15 is 0 Å². The molecule has 0 bridgehead atoms. The summed E-state index contributed by atoms with van der Waals surface area (Å²) in [6, 6.07) is 0.172. The SMILES string of the molecule is CO[C@]1(CNC2CC[C@@]3(C)C(CC[C@H]4[C@@H]5CC[C@H]([C@H](C)CCCC(C)C)[C@@]5(C)CC[C@@H]43)C2)C[C@H](OC(C)=O)[C@@H](OC(C)=O)[C@H]([C@H](OC(C)=O)[C@H](COC(C)=O)OC(C)=O)O1. The standard InChI is InChI=1S/C47H77NO12/c1-27(2)13-12-14-28(3)37-17-18-38-36-16-15-34-23-35(19-21-45(34,9)39(36)20-22-46(37,38)10)48-26-47(54-11)24-40(56-30(5)50)42(58-32(7)52)44(60-47)43(59-33(8)53)41(57-31(6)51)25-55-29(4)49/h27-28,34-44,48H,12-26H2,1-11H3/t28-,34?,35?,36+,37-,38+,39+,40+,41+,42-,43-,44-,45+,46-,47-/m1/s1. The van der Waals surface area contributed by atoms with E-state index in [-0.39, 0.29) is 24.4 Å². The Balaban J connectivity index is 1.32. The van der Waals surface area contributed by atoms with Crippen LogP contribution in [0.1, 0.15) is 153 Å². The number of methoxy groups -OCH3 is 1. The molecule has 342 valence electrons. The van der Waals surface area contributed by atoms with Gasteiger partial charge in [0, 0.05) is 54.2 Å². The molecule has 0 aromatic rings. The summed E-state index contributed by atoms with van der Waals surface area (Å²) < 4.78 is 40.8. The molecule has 0 aromatic heterocycles. The molecule has 1 saturated heterocycles. The number of nitrogens with one attached hydrogen (secondary N) is 1. The van der Waals surface area contributed by atoms with Gasteiger partial charge in [-0.05, 0) is 110 Å². The maximum atomic E-state index is 12.6.